The molecule has 1 heterocycles. The highest BCUT2D eigenvalue weighted by Gasteiger charge is 2.20. The molecule has 0 saturated heterocycles. The lowest BCUT2D eigenvalue weighted by atomic mass is 9.95. The van der Waals surface area contributed by atoms with Gasteiger partial charge in [0.25, 0.3) is 0 Å². The van der Waals surface area contributed by atoms with Gasteiger partial charge < -0.3 is 9.67 Å². The molecule has 106 valence electrons. The molecule has 0 aromatic carbocycles. The van der Waals surface area contributed by atoms with Gasteiger partial charge in [-0.2, -0.15) is 0 Å². The number of aromatic nitrogens is 3. The first-order valence-corrected chi connectivity index (χ1v) is 7.30. The molecule has 1 fully saturated rings. The van der Waals surface area contributed by atoms with Crippen molar-refractivity contribution in [2.45, 2.75) is 70.8 Å². The number of hydrogen-bond acceptors (Lipinski definition) is 3. The molecule has 1 aromatic heterocycles. The number of aliphatic carboxylic acids is 1. The Balaban J connectivity index is 1.94. The summed E-state index contributed by atoms with van der Waals surface area (Å²) < 4.78 is 2.29. The van der Waals surface area contributed by atoms with Crippen LogP contribution < -0.4 is 0 Å². The van der Waals surface area contributed by atoms with Gasteiger partial charge in [-0.15, -0.1) is 10.2 Å². The van der Waals surface area contributed by atoms with Gasteiger partial charge in [-0.1, -0.05) is 19.3 Å². The molecule has 1 aromatic rings. The van der Waals surface area contributed by atoms with Crippen LogP contribution in [0, 0.1) is 6.92 Å². The van der Waals surface area contributed by atoms with E-state index >= 15 is 0 Å². The standard InChI is InChI=1S/C14H23N3O2/c1-11-15-16-13(9-5-6-10-14(18)19)17(11)12-7-3-2-4-8-12/h12H,2-10H2,1H3,(H,18,19). The summed E-state index contributed by atoms with van der Waals surface area (Å²) in [7, 11) is 0. The van der Waals surface area contributed by atoms with Crippen molar-refractivity contribution in [2.24, 2.45) is 0 Å². The van der Waals surface area contributed by atoms with E-state index in [9.17, 15) is 4.79 Å². The molecule has 2 rings (SSSR count). The Hall–Kier alpha value is -1.39. The minimum Gasteiger partial charge on any atom is -0.481 e. The first-order chi connectivity index (χ1) is 9.18. The number of carboxylic acid groups (broad SMARTS) is 1. The van der Waals surface area contributed by atoms with Gasteiger partial charge in [0.15, 0.2) is 0 Å². The summed E-state index contributed by atoms with van der Waals surface area (Å²) in [5.41, 5.74) is 0. The van der Waals surface area contributed by atoms with Crippen LogP contribution >= 0.6 is 0 Å². The maximum atomic E-state index is 10.5. The highest BCUT2D eigenvalue weighted by Crippen LogP contribution is 2.30. The second kappa shape index (κ2) is 6.68. The maximum Gasteiger partial charge on any atom is 0.303 e. The first-order valence-electron chi connectivity index (χ1n) is 7.30. The zero-order chi connectivity index (χ0) is 13.7. The zero-order valence-corrected chi connectivity index (χ0v) is 11.6. The minimum absolute atomic E-state index is 0.247. The van der Waals surface area contributed by atoms with E-state index in [0.29, 0.717) is 12.5 Å². The Morgan fingerprint density at radius 3 is 2.68 bits per heavy atom. The van der Waals surface area contributed by atoms with Crippen LogP contribution in [0.5, 0.6) is 0 Å². The lowest BCUT2D eigenvalue weighted by Gasteiger charge is -2.25. The van der Waals surface area contributed by atoms with Crippen molar-refractivity contribution < 1.29 is 9.90 Å². The molecule has 1 saturated carbocycles. The Kier molecular flexibility index (Phi) is 4.93. The van der Waals surface area contributed by atoms with Crippen LogP contribution in [0.25, 0.3) is 0 Å². The Labute approximate surface area is 114 Å². The summed E-state index contributed by atoms with van der Waals surface area (Å²) in [4.78, 5) is 10.5. The molecule has 0 amide bonds. The molecule has 5 nitrogen and oxygen atoms in total. The van der Waals surface area contributed by atoms with Crippen LogP contribution in [0.3, 0.4) is 0 Å². The van der Waals surface area contributed by atoms with Gasteiger partial charge in [-0.05, 0) is 32.6 Å². The number of rotatable bonds is 6. The van der Waals surface area contributed by atoms with Crippen LogP contribution in [0.4, 0.5) is 0 Å². The van der Waals surface area contributed by atoms with Crippen molar-refractivity contribution in [3.8, 4) is 0 Å². The van der Waals surface area contributed by atoms with Gasteiger partial charge in [0.05, 0.1) is 0 Å². The smallest absolute Gasteiger partial charge is 0.303 e. The predicted molar refractivity (Wildman–Crippen MR) is 72.1 cm³/mol. The van der Waals surface area contributed by atoms with E-state index in [1.807, 2.05) is 6.92 Å². The molecule has 0 spiro atoms. The Morgan fingerprint density at radius 1 is 1.26 bits per heavy atom. The van der Waals surface area contributed by atoms with Crippen LogP contribution in [-0.2, 0) is 11.2 Å². The van der Waals surface area contributed by atoms with Gasteiger partial charge in [0.1, 0.15) is 11.6 Å². The van der Waals surface area contributed by atoms with E-state index < -0.39 is 5.97 Å². The molecule has 0 bridgehead atoms. The first kappa shape index (κ1) is 14.0. The van der Waals surface area contributed by atoms with Crippen LogP contribution in [0.15, 0.2) is 0 Å². The van der Waals surface area contributed by atoms with E-state index in [0.717, 1.165) is 24.5 Å². The summed E-state index contributed by atoms with van der Waals surface area (Å²) in [5, 5.41) is 17.1. The fourth-order valence-electron chi connectivity index (χ4n) is 2.96. The van der Waals surface area contributed by atoms with Crippen molar-refractivity contribution >= 4 is 5.97 Å². The number of unbranched alkanes of at least 4 members (excludes halogenated alkanes) is 1. The Morgan fingerprint density at radius 2 is 2.00 bits per heavy atom. The van der Waals surface area contributed by atoms with E-state index in [-0.39, 0.29) is 6.42 Å². The third kappa shape index (κ3) is 3.78. The molecular formula is C14H23N3O2. The van der Waals surface area contributed by atoms with E-state index in [1.165, 1.54) is 32.1 Å². The van der Waals surface area contributed by atoms with Gasteiger partial charge in [0, 0.05) is 18.9 Å². The molecule has 5 heteroatoms. The molecule has 1 N–H and O–H groups in total. The summed E-state index contributed by atoms with van der Waals surface area (Å²) in [6.45, 7) is 2.02. The average molecular weight is 265 g/mol. The maximum absolute atomic E-state index is 10.5. The van der Waals surface area contributed by atoms with Crippen LogP contribution in [0.1, 0.15) is 69.1 Å². The number of aryl methyl sites for hydroxylation is 2. The van der Waals surface area contributed by atoms with Crippen molar-refractivity contribution in [3.05, 3.63) is 11.6 Å². The van der Waals surface area contributed by atoms with E-state index in [4.69, 9.17) is 5.11 Å². The Bertz CT molecular complexity index is 422. The van der Waals surface area contributed by atoms with Crippen molar-refractivity contribution in [2.75, 3.05) is 0 Å². The number of nitrogens with zero attached hydrogens (tertiary/aromatic N) is 3. The fourth-order valence-corrected chi connectivity index (χ4v) is 2.96. The third-order valence-electron chi connectivity index (χ3n) is 3.92. The van der Waals surface area contributed by atoms with E-state index in [1.54, 1.807) is 0 Å². The van der Waals surface area contributed by atoms with Crippen LogP contribution in [0.2, 0.25) is 0 Å². The number of carboxylic acids is 1. The van der Waals surface area contributed by atoms with Gasteiger partial charge >= 0.3 is 5.97 Å². The van der Waals surface area contributed by atoms with Gasteiger partial charge in [0.2, 0.25) is 0 Å². The van der Waals surface area contributed by atoms with Gasteiger partial charge in [-0.25, -0.2) is 0 Å². The van der Waals surface area contributed by atoms with Crippen molar-refractivity contribution in [1.29, 1.82) is 0 Å². The van der Waals surface area contributed by atoms with Crippen molar-refractivity contribution in [1.82, 2.24) is 14.8 Å². The lowest BCUT2D eigenvalue weighted by molar-refractivity contribution is -0.137. The largest absolute Gasteiger partial charge is 0.481 e. The number of carbonyl (C=O) groups is 1. The summed E-state index contributed by atoms with van der Waals surface area (Å²) in [5.74, 6) is 1.32. The highest BCUT2D eigenvalue weighted by molar-refractivity contribution is 5.66. The monoisotopic (exact) mass is 265 g/mol. The zero-order valence-electron chi connectivity index (χ0n) is 11.6. The number of hydrogen-bond donors (Lipinski definition) is 1. The summed E-state index contributed by atoms with van der Waals surface area (Å²) >= 11 is 0. The molecule has 19 heavy (non-hydrogen) atoms. The van der Waals surface area contributed by atoms with Gasteiger partial charge in [-0.3, -0.25) is 4.79 Å². The molecule has 0 atom stereocenters. The lowest BCUT2D eigenvalue weighted by Crippen LogP contribution is -2.17. The molecule has 0 unspecified atom stereocenters. The summed E-state index contributed by atoms with van der Waals surface area (Å²) in [6.07, 6.45) is 9.04. The second-order valence-electron chi connectivity index (χ2n) is 5.43. The molecule has 1 aliphatic carbocycles. The molecule has 0 aliphatic heterocycles. The SMILES string of the molecule is Cc1nnc(CCCCC(=O)O)n1C1CCCCC1. The third-order valence-corrected chi connectivity index (χ3v) is 3.92. The fraction of sp³-hybridized carbons (Fsp3) is 0.786. The molecule has 0 radical (unpaired) electrons. The minimum atomic E-state index is -0.718. The molecule has 1 aliphatic rings. The molecular weight excluding hydrogens is 242 g/mol. The quantitative estimate of drug-likeness (QED) is 0.803. The highest BCUT2D eigenvalue weighted by atomic mass is 16.4. The van der Waals surface area contributed by atoms with Crippen molar-refractivity contribution in [3.63, 3.8) is 0 Å². The predicted octanol–water partition coefficient (Wildman–Crippen LogP) is 2.89. The topological polar surface area (TPSA) is 68.0 Å². The average Bonchev–Trinajstić information content (AvgIpc) is 2.77. The normalized spacial score (nSPS) is 16.7. The summed E-state index contributed by atoms with van der Waals surface area (Å²) in [6, 6.07) is 0.554. The van der Waals surface area contributed by atoms with Crippen LogP contribution in [-0.4, -0.2) is 25.8 Å². The van der Waals surface area contributed by atoms with E-state index in [2.05, 4.69) is 14.8 Å². The second-order valence-corrected chi connectivity index (χ2v) is 5.43.